The van der Waals surface area contributed by atoms with Gasteiger partial charge in [-0.3, -0.25) is 4.79 Å². The normalized spacial score (nSPS) is 31.0. The summed E-state index contributed by atoms with van der Waals surface area (Å²) < 4.78 is 16.0. The number of carbonyl (C=O) groups is 1. The molecule has 6 nitrogen and oxygen atoms in total. The van der Waals surface area contributed by atoms with E-state index in [4.69, 9.17) is 14.2 Å². The van der Waals surface area contributed by atoms with Crippen LogP contribution in [-0.2, 0) is 19.0 Å². The zero-order valence-corrected chi connectivity index (χ0v) is 9.24. The fourth-order valence-corrected chi connectivity index (χ4v) is 1.72. The molecule has 0 aliphatic carbocycles. The van der Waals surface area contributed by atoms with Crippen LogP contribution in [-0.4, -0.2) is 64.2 Å². The van der Waals surface area contributed by atoms with Crippen LogP contribution in [0.1, 0.15) is 0 Å². The van der Waals surface area contributed by atoms with Gasteiger partial charge in [0.1, 0.15) is 6.10 Å². The Morgan fingerprint density at radius 1 is 1.31 bits per heavy atom. The molecule has 1 amide bonds. The minimum Gasteiger partial charge on any atom is -0.376 e. The highest BCUT2D eigenvalue weighted by Gasteiger charge is 2.23. The van der Waals surface area contributed by atoms with E-state index in [9.17, 15) is 4.79 Å². The molecule has 2 saturated heterocycles. The molecule has 0 saturated carbocycles. The Bertz CT molecular complexity index is 225. The Hall–Kier alpha value is -0.690. The third-order valence-electron chi connectivity index (χ3n) is 2.61. The Morgan fingerprint density at radius 2 is 2.25 bits per heavy atom. The largest absolute Gasteiger partial charge is 0.376 e. The SMILES string of the molecule is O=C(NCC1COCCO1)C1CNCCO1. The van der Waals surface area contributed by atoms with Crippen molar-refractivity contribution in [3.63, 3.8) is 0 Å². The van der Waals surface area contributed by atoms with E-state index in [1.165, 1.54) is 0 Å². The van der Waals surface area contributed by atoms with Crippen molar-refractivity contribution in [2.75, 3.05) is 46.1 Å². The molecule has 6 heteroatoms. The van der Waals surface area contributed by atoms with E-state index in [2.05, 4.69) is 10.6 Å². The predicted octanol–water partition coefficient (Wildman–Crippen LogP) is -1.49. The van der Waals surface area contributed by atoms with Crippen LogP contribution in [0.3, 0.4) is 0 Å². The number of amides is 1. The second kappa shape index (κ2) is 6.15. The summed E-state index contributed by atoms with van der Waals surface area (Å²) in [7, 11) is 0. The van der Waals surface area contributed by atoms with Crippen LogP contribution in [0, 0.1) is 0 Å². The highest BCUT2D eigenvalue weighted by Crippen LogP contribution is 2.00. The number of hydrogen-bond acceptors (Lipinski definition) is 5. The minimum atomic E-state index is -0.377. The fourth-order valence-electron chi connectivity index (χ4n) is 1.72. The van der Waals surface area contributed by atoms with E-state index in [0.29, 0.717) is 39.5 Å². The smallest absolute Gasteiger partial charge is 0.250 e. The molecule has 2 unspecified atom stereocenters. The van der Waals surface area contributed by atoms with Crippen molar-refractivity contribution in [1.82, 2.24) is 10.6 Å². The van der Waals surface area contributed by atoms with Gasteiger partial charge < -0.3 is 24.8 Å². The first-order valence-corrected chi connectivity index (χ1v) is 5.65. The fraction of sp³-hybridized carbons (Fsp3) is 0.900. The number of ether oxygens (including phenoxy) is 3. The average Bonchev–Trinajstić information content (AvgIpc) is 2.38. The Kier molecular flexibility index (Phi) is 4.53. The lowest BCUT2D eigenvalue weighted by atomic mass is 10.2. The lowest BCUT2D eigenvalue weighted by Crippen LogP contribution is -2.50. The molecule has 0 radical (unpaired) electrons. The zero-order valence-electron chi connectivity index (χ0n) is 9.24. The summed E-state index contributed by atoms with van der Waals surface area (Å²) in [6.45, 7) is 4.24. The van der Waals surface area contributed by atoms with Crippen molar-refractivity contribution in [1.29, 1.82) is 0 Å². The molecular weight excluding hydrogens is 212 g/mol. The molecule has 2 N–H and O–H groups in total. The van der Waals surface area contributed by atoms with Crippen molar-refractivity contribution in [3.8, 4) is 0 Å². The molecule has 0 aromatic rings. The molecule has 2 rings (SSSR count). The summed E-state index contributed by atoms with van der Waals surface area (Å²) in [6.07, 6.45) is -0.410. The maximum atomic E-state index is 11.7. The second-order valence-electron chi connectivity index (χ2n) is 3.88. The van der Waals surface area contributed by atoms with Gasteiger partial charge in [0.15, 0.2) is 0 Å². The first kappa shape index (κ1) is 11.8. The maximum Gasteiger partial charge on any atom is 0.250 e. The first-order chi connectivity index (χ1) is 7.86. The van der Waals surface area contributed by atoms with Gasteiger partial charge in [0.05, 0.1) is 32.5 Å². The van der Waals surface area contributed by atoms with E-state index in [1.807, 2.05) is 0 Å². The van der Waals surface area contributed by atoms with Crippen molar-refractivity contribution >= 4 is 5.91 Å². The summed E-state index contributed by atoms with van der Waals surface area (Å²) in [5, 5.41) is 5.93. The third-order valence-corrected chi connectivity index (χ3v) is 2.61. The number of hydrogen-bond donors (Lipinski definition) is 2. The predicted molar refractivity (Wildman–Crippen MR) is 56.2 cm³/mol. The third kappa shape index (κ3) is 3.41. The molecule has 0 aromatic carbocycles. The summed E-state index contributed by atoms with van der Waals surface area (Å²) in [6, 6.07) is 0. The second-order valence-corrected chi connectivity index (χ2v) is 3.88. The molecule has 2 aliphatic rings. The maximum absolute atomic E-state index is 11.7. The standard InChI is InChI=1S/C10H18N2O4/c13-10(9-6-11-1-2-16-9)12-5-8-7-14-3-4-15-8/h8-9,11H,1-7H2,(H,12,13). The number of nitrogens with one attached hydrogen (secondary N) is 2. The first-order valence-electron chi connectivity index (χ1n) is 5.65. The van der Waals surface area contributed by atoms with Gasteiger partial charge in [-0.1, -0.05) is 0 Å². The topological polar surface area (TPSA) is 68.8 Å². The van der Waals surface area contributed by atoms with E-state index >= 15 is 0 Å². The quantitative estimate of drug-likeness (QED) is 0.618. The van der Waals surface area contributed by atoms with Crippen LogP contribution in [0.15, 0.2) is 0 Å². The molecular formula is C10H18N2O4. The summed E-state index contributed by atoms with van der Waals surface area (Å²) in [5.74, 6) is -0.0821. The molecule has 2 heterocycles. The van der Waals surface area contributed by atoms with Crippen LogP contribution in [0.25, 0.3) is 0 Å². The molecule has 16 heavy (non-hydrogen) atoms. The minimum absolute atomic E-state index is 0.0331. The number of carbonyl (C=O) groups excluding carboxylic acids is 1. The lowest BCUT2D eigenvalue weighted by molar-refractivity contribution is -0.136. The summed E-state index contributed by atoms with van der Waals surface area (Å²) >= 11 is 0. The Balaban J connectivity index is 1.65. The Labute approximate surface area is 94.6 Å². The number of morpholine rings is 1. The van der Waals surface area contributed by atoms with Crippen molar-refractivity contribution in [2.45, 2.75) is 12.2 Å². The van der Waals surface area contributed by atoms with Gasteiger partial charge in [-0.2, -0.15) is 0 Å². The van der Waals surface area contributed by atoms with Crippen molar-refractivity contribution < 1.29 is 19.0 Å². The highest BCUT2D eigenvalue weighted by molar-refractivity contribution is 5.81. The molecule has 92 valence electrons. The van der Waals surface area contributed by atoms with E-state index in [0.717, 1.165) is 6.54 Å². The Morgan fingerprint density at radius 3 is 2.94 bits per heavy atom. The van der Waals surface area contributed by atoms with Gasteiger partial charge in [0.25, 0.3) is 5.91 Å². The van der Waals surface area contributed by atoms with Crippen LogP contribution in [0.2, 0.25) is 0 Å². The van der Waals surface area contributed by atoms with E-state index in [1.54, 1.807) is 0 Å². The summed E-state index contributed by atoms with van der Waals surface area (Å²) in [4.78, 5) is 11.7. The van der Waals surface area contributed by atoms with Crippen LogP contribution in [0.5, 0.6) is 0 Å². The van der Waals surface area contributed by atoms with Crippen molar-refractivity contribution in [3.05, 3.63) is 0 Å². The van der Waals surface area contributed by atoms with Gasteiger partial charge in [-0.15, -0.1) is 0 Å². The molecule has 2 fully saturated rings. The van der Waals surface area contributed by atoms with Crippen molar-refractivity contribution in [2.24, 2.45) is 0 Å². The van der Waals surface area contributed by atoms with Crippen LogP contribution >= 0.6 is 0 Å². The molecule has 2 atom stereocenters. The number of rotatable bonds is 3. The highest BCUT2D eigenvalue weighted by atomic mass is 16.6. The van der Waals surface area contributed by atoms with Gasteiger partial charge in [-0.25, -0.2) is 0 Å². The van der Waals surface area contributed by atoms with Gasteiger partial charge in [0, 0.05) is 19.6 Å². The molecule has 0 bridgehead atoms. The molecule has 0 spiro atoms. The van der Waals surface area contributed by atoms with E-state index < -0.39 is 0 Å². The van der Waals surface area contributed by atoms with Gasteiger partial charge >= 0.3 is 0 Å². The monoisotopic (exact) mass is 230 g/mol. The van der Waals surface area contributed by atoms with Crippen LogP contribution < -0.4 is 10.6 Å². The zero-order chi connectivity index (χ0) is 11.2. The van der Waals surface area contributed by atoms with E-state index in [-0.39, 0.29) is 18.1 Å². The molecule has 0 aromatic heterocycles. The average molecular weight is 230 g/mol. The van der Waals surface area contributed by atoms with Crippen LogP contribution in [0.4, 0.5) is 0 Å². The lowest BCUT2D eigenvalue weighted by Gasteiger charge is -2.26. The van der Waals surface area contributed by atoms with Gasteiger partial charge in [-0.05, 0) is 0 Å². The van der Waals surface area contributed by atoms with Gasteiger partial charge in [0.2, 0.25) is 0 Å². The summed E-state index contributed by atoms with van der Waals surface area (Å²) in [5.41, 5.74) is 0. The molecule has 2 aliphatic heterocycles.